The van der Waals surface area contributed by atoms with Gasteiger partial charge in [-0.3, -0.25) is 0 Å². The van der Waals surface area contributed by atoms with Crippen molar-refractivity contribution in [2.45, 2.75) is 18.9 Å². The quantitative estimate of drug-likeness (QED) is 0.568. The summed E-state index contributed by atoms with van der Waals surface area (Å²) in [5.74, 6) is 2.28. The van der Waals surface area contributed by atoms with Gasteiger partial charge in [-0.15, -0.1) is 0 Å². The highest BCUT2D eigenvalue weighted by atomic mass is 16.5. The number of methoxy groups -OCH3 is 1. The molecule has 1 atom stereocenters. The molecule has 130 valence electrons. The van der Waals surface area contributed by atoms with Gasteiger partial charge >= 0.3 is 0 Å². The van der Waals surface area contributed by atoms with E-state index in [2.05, 4.69) is 32.1 Å². The number of para-hydroxylation sites is 1. The Morgan fingerprint density at radius 3 is 3.00 bits per heavy atom. The highest BCUT2D eigenvalue weighted by Gasteiger charge is 2.31. The first kappa shape index (κ1) is 15.1. The largest absolute Gasteiger partial charge is 0.481 e. The minimum Gasteiger partial charge on any atom is -0.481 e. The van der Waals surface area contributed by atoms with Gasteiger partial charge in [0.05, 0.1) is 18.7 Å². The van der Waals surface area contributed by atoms with Crippen LogP contribution in [0.25, 0.3) is 16.7 Å². The fourth-order valence-corrected chi connectivity index (χ4v) is 3.82. The van der Waals surface area contributed by atoms with Crippen molar-refractivity contribution in [1.82, 2.24) is 24.6 Å². The molecular formula is C19H18N6O. The normalized spacial score (nSPS) is 17.3. The van der Waals surface area contributed by atoms with E-state index in [4.69, 9.17) is 9.72 Å². The molecule has 4 aromatic rings. The fourth-order valence-electron chi connectivity index (χ4n) is 3.82. The van der Waals surface area contributed by atoms with Crippen LogP contribution in [0, 0.1) is 0 Å². The lowest BCUT2D eigenvalue weighted by Gasteiger charge is -2.27. The van der Waals surface area contributed by atoms with Crippen molar-refractivity contribution in [3.8, 4) is 5.88 Å². The van der Waals surface area contributed by atoms with E-state index in [-0.39, 0.29) is 6.04 Å². The van der Waals surface area contributed by atoms with E-state index < -0.39 is 0 Å². The molecule has 7 heteroatoms. The summed E-state index contributed by atoms with van der Waals surface area (Å²) in [7, 11) is 1.68. The van der Waals surface area contributed by atoms with Crippen molar-refractivity contribution in [2.75, 3.05) is 18.6 Å². The first-order valence-electron chi connectivity index (χ1n) is 8.70. The van der Waals surface area contributed by atoms with E-state index in [1.54, 1.807) is 17.8 Å². The summed E-state index contributed by atoms with van der Waals surface area (Å²) in [5.41, 5.74) is 2.05. The Bertz CT molecular complexity index is 1090. The van der Waals surface area contributed by atoms with Crippen LogP contribution < -0.4 is 9.64 Å². The molecular weight excluding hydrogens is 328 g/mol. The average Bonchev–Trinajstić information content (AvgIpc) is 3.35. The van der Waals surface area contributed by atoms with Crippen molar-refractivity contribution in [2.24, 2.45) is 0 Å². The first-order chi connectivity index (χ1) is 12.8. The Kier molecular flexibility index (Phi) is 3.44. The van der Waals surface area contributed by atoms with Crippen molar-refractivity contribution in [3.63, 3.8) is 0 Å². The second kappa shape index (κ2) is 5.94. The predicted molar refractivity (Wildman–Crippen MR) is 98.4 cm³/mol. The molecule has 0 amide bonds. The standard InChI is InChI=1S/C19H18N6O/c1-26-18-14(11-13-5-2-3-6-15(13)23-18)16-7-4-10-24(16)17-8-9-20-19-21-12-22-25(17)19/h2-3,5-6,8-9,11-12,16H,4,7,10H2,1H3/t16-/m1/s1. The van der Waals surface area contributed by atoms with E-state index in [1.165, 1.54) is 6.33 Å². The zero-order chi connectivity index (χ0) is 17.5. The van der Waals surface area contributed by atoms with Gasteiger partial charge in [0, 0.05) is 23.7 Å². The highest BCUT2D eigenvalue weighted by molar-refractivity contribution is 5.80. The molecule has 1 aromatic carbocycles. The molecule has 5 rings (SSSR count). The maximum Gasteiger partial charge on any atom is 0.254 e. The number of ether oxygens (including phenoxy) is 1. The third-order valence-electron chi connectivity index (χ3n) is 4.98. The number of hydrogen-bond donors (Lipinski definition) is 0. The molecule has 0 bridgehead atoms. The number of benzene rings is 1. The molecule has 26 heavy (non-hydrogen) atoms. The lowest BCUT2D eigenvalue weighted by molar-refractivity contribution is 0.390. The lowest BCUT2D eigenvalue weighted by Crippen LogP contribution is -2.25. The van der Waals surface area contributed by atoms with Crippen LogP contribution in [0.3, 0.4) is 0 Å². The average molecular weight is 346 g/mol. The number of rotatable bonds is 3. The highest BCUT2D eigenvalue weighted by Crippen LogP contribution is 2.40. The monoisotopic (exact) mass is 346 g/mol. The Hall–Kier alpha value is -3.22. The Labute approximate surface area is 150 Å². The predicted octanol–water partition coefficient (Wildman–Crippen LogP) is 3.02. The first-order valence-corrected chi connectivity index (χ1v) is 8.70. The van der Waals surface area contributed by atoms with E-state index in [0.717, 1.165) is 41.7 Å². The number of fused-ring (bicyclic) bond motifs is 2. The van der Waals surface area contributed by atoms with E-state index in [9.17, 15) is 0 Å². The maximum atomic E-state index is 5.64. The maximum absolute atomic E-state index is 5.64. The van der Waals surface area contributed by atoms with Crippen LogP contribution in [0.1, 0.15) is 24.4 Å². The molecule has 0 radical (unpaired) electrons. The molecule has 3 aromatic heterocycles. The summed E-state index contributed by atoms with van der Waals surface area (Å²) in [5, 5.41) is 5.46. The third kappa shape index (κ3) is 2.28. The minimum absolute atomic E-state index is 0.178. The fraction of sp³-hybridized carbons (Fsp3) is 0.263. The van der Waals surface area contributed by atoms with Gasteiger partial charge in [-0.25, -0.2) is 9.97 Å². The molecule has 0 spiro atoms. The smallest absolute Gasteiger partial charge is 0.254 e. The van der Waals surface area contributed by atoms with Gasteiger partial charge in [-0.2, -0.15) is 14.6 Å². The summed E-state index contributed by atoms with van der Waals surface area (Å²) in [6, 6.07) is 12.5. The third-order valence-corrected chi connectivity index (χ3v) is 4.98. The minimum atomic E-state index is 0.178. The van der Waals surface area contributed by atoms with Gasteiger partial charge in [0.25, 0.3) is 5.78 Å². The molecule has 1 aliphatic heterocycles. The van der Waals surface area contributed by atoms with Crippen LogP contribution in [0.2, 0.25) is 0 Å². The summed E-state index contributed by atoms with van der Waals surface area (Å²) in [6.07, 6.45) is 5.45. The molecule has 0 aliphatic carbocycles. The number of nitrogens with zero attached hydrogens (tertiary/aromatic N) is 6. The van der Waals surface area contributed by atoms with E-state index in [1.807, 2.05) is 24.3 Å². The Morgan fingerprint density at radius 2 is 2.08 bits per heavy atom. The second-order valence-corrected chi connectivity index (χ2v) is 6.41. The molecule has 1 saturated heterocycles. The number of pyridine rings is 1. The lowest BCUT2D eigenvalue weighted by atomic mass is 10.0. The van der Waals surface area contributed by atoms with E-state index >= 15 is 0 Å². The second-order valence-electron chi connectivity index (χ2n) is 6.41. The zero-order valence-corrected chi connectivity index (χ0v) is 14.4. The Morgan fingerprint density at radius 1 is 1.15 bits per heavy atom. The van der Waals surface area contributed by atoms with Gasteiger partial charge in [0.15, 0.2) is 0 Å². The van der Waals surface area contributed by atoms with Gasteiger partial charge in [0.1, 0.15) is 12.1 Å². The molecule has 1 aliphatic rings. The SMILES string of the molecule is COc1nc2ccccc2cc1[C@H]1CCCN1c1ccnc2ncnn12. The Balaban J connectivity index is 1.65. The number of aromatic nitrogens is 5. The van der Waals surface area contributed by atoms with Crippen molar-refractivity contribution < 1.29 is 4.74 Å². The van der Waals surface area contributed by atoms with Crippen molar-refractivity contribution >= 4 is 22.5 Å². The molecule has 0 saturated carbocycles. The molecule has 0 unspecified atom stereocenters. The molecule has 0 N–H and O–H groups in total. The summed E-state index contributed by atoms with van der Waals surface area (Å²) in [6.45, 7) is 0.944. The molecule has 7 nitrogen and oxygen atoms in total. The van der Waals surface area contributed by atoms with Gasteiger partial charge in [-0.1, -0.05) is 18.2 Å². The van der Waals surface area contributed by atoms with Gasteiger partial charge in [0.2, 0.25) is 5.88 Å². The topological polar surface area (TPSA) is 68.4 Å². The van der Waals surface area contributed by atoms with Crippen LogP contribution in [0.4, 0.5) is 5.82 Å². The van der Waals surface area contributed by atoms with Gasteiger partial charge < -0.3 is 9.64 Å². The molecule has 4 heterocycles. The molecule has 1 fully saturated rings. The summed E-state index contributed by atoms with van der Waals surface area (Å²) < 4.78 is 7.43. The summed E-state index contributed by atoms with van der Waals surface area (Å²) in [4.78, 5) is 15.5. The van der Waals surface area contributed by atoms with Gasteiger partial charge in [-0.05, 0) is 31.0 Å². The van der Waals surface area contributed by atoms with Crippen LogP contribution in [-0.4, -0.2) is 38.2 Å². The van der Waals surface area contributed by atoms with Crippen LogP contribution in [-0.2, 0) is 0 Å². The van der Waals surface area contributed by atoms with Crippen LogP contribution >= 0.6 is 0 Å². The van der Waals surface area contributed by atoms with Crippen LogP contribution in [0.5, 0.6) is 5.88 Å². The van der Waals surface area contributed by atoms with Crippen molar-refractivity contribution in [1.29, 1.82) is 0 Å². The van der Waals surface area contributed by atoms with E-state index in [0.29, 0.717) is 11.7 Å². The number of hydrogen-bond acceptors (Lipinski definition) is 6. The zero-order valence-electron chi connectivity index (χ0n) is 14.4. The summed E-state index contributed by atoms with van der Waals surface area (Å²) >= 11 is 0. The van der Waals surface area contributed by atoms with Crippen molar-refractivity contribution in [3.05, 3.63) is 54.5 Å². The number of anilines is 1. The van der Waals surface area contributed by atoms with Crippen LogP contribution in [0.15, 0.2) is 48.9 Å².